The molecule has 0 aliphatic heterocycles. The van der Waals surface area contributed by atoms with E-state index in [0.29, 0.717) is 6.61 Å². The molecule has 0 N–H and O–H groups in total. The number of hydrogen-bond donors (Lipinski definition) is 0. The highest BCUT2D eigenvalue weighted by Gasteiger charge is 2.44. The van der Waals surface area contributed by atoms with Crippen LogP contribution in [0.25, 0.3) is 12.2 Å². The Balaban J connectivity index is 1.23. The van der Waals surface area contributed by atoms with Gasteiger partial charge >= 0.3 is 0 Å². The van der Waals surface area contributed by atoms with Crippen molar-refractivity contribution in [2.45, 2.75) is 12.8 Å². The molecule has 0 radical (unpaired) electrons. The minimum atomic E-state index is -1.79. The van der Waals surface area contributed by atoms with Crippen LogP contribution in [-0.2, 0) is 0 Å². The smallest absolute Gasteiger partial charge is 0.123 e. The van der Waals surface area contributed by atoms with Crippen LogP contribution in [0, 0.1) is 0 Å². The molecule has 0 amide bonds. The third-order valence-corrected chi connectivity index (χ3v) is 12.0. The maximum atomic E-state index is 6.17. The van der Waals surface area contributed by atoms with Gasteiger partial charge in [0.05, 0.1) is 27.0 Å². The number of benzene rings is 5. The number of ether oxygens (including phenoxy) is 3. The summed E-state index contributed by atoms with van der Waals surface area (Å²) in [5.74, 6) is 2.44. The van der Waals surface area contributed by atoms with E-state index in [1.165, 1.54) is 15.9 Å². The van der Waals surface area contributed by atoms with Crippen molar-refractivity contribution in [3.63, 3.8) is 0 Å². The quantitative estimate of drug-likeness (QED) is 0.0811. The van der Waals surface area contributed by atoms with Crippen LogP contribution >= 0.6 is 7.26 Å². The molecule has 0 heterocycles. The third-order valence-electron chi connectivity index (χ3n) is 7.47. The number of unbranched alkanes of at least 4 members (excludes halogenated alkanes) is 1. The zero-order chi connectivity index (χ0) is 29.0. The monoisotopic (exact) mass is 573 g/mol. The average molecular weight is 574 g/mol. The molecule has 212 valence electrons. The van der Waals surface area contributed by atoms with E-state index in [9.17, 15) is 0 Å². The van der Waals surface area contributed by atoms with Crippen molar-refractivity contribution in [1.82, 2.24) is 0 Å². The highest BCUT2D eigenvalue weighted by Crippen LogP contribution is 2.55. The van der Waals surface area contributed by atoms with Crippen molar-refractivity contribution in [1.29, 1.82) is 0 Å². The molecule has 0 bridgehead atoms. The van der Waals surface area contributed by atoms with Crippen molar-refractivity contribution in [2.24, 2.45) is 0 Å². The van der Waals surface area contributed by atoms with Crippen LogP contribution < -0.4 is 30.1 Å². The molecule has 0 atom stereocenters. The van der Waals surface area contributed by atoms with Gasteiger partial charge < -0.3 is 14.2 Å². The molecule has 3 nitrogen and oxygen atoms in total. The second kappa shape index (κ2) is 14.5. The molecular formula is C38H38O3P+. The van der Waals surface area contributed by atoms with Gasteiger partial charge in [0.2, 0.25) is 0 Å². The summed E-state index contributed by atoms with van der Waals surface area (Å²) in [4.78, 5) is 0. The van der Waals surface area contributed by atoms with Gasteiger partial charge in [-0.3, -0.25) is 0 Å². The SMILES string of the molecule is COc1cc(C=Cc2ccc(OCCCC[P+](c3ccccc3)(c3ccccc3)c3ccccc3)cc2)cc(OC)c1. The van der Waals surface area contributed by atoms with Gasteiger partial charge in [-0.05, 0) is 84.6 Å². The summed E-state index contributed by atoms with van der Waals surface area (Å²) >= 11 is 0. The van der Waals surface area contributed by atoms with Crippen molar-refractivity contribution in [2.75, 3.05) is 27.0 Å². The Kier molecular flexibility index (Phi) is 10.1. The van der Waals surface area contributed by atoms with Crippen LogP contribution in [0.3, 0.4) is 0 Å². The lowest BCUT2D eigenvalue weighted by molar-refractivity contribution is 0.309. The average Bonchev–Trinajstić information content (AvgIpc) is 3.07. The summed E-state index contributed by atoms with van der Waals surface area (Å²) < 4.78 is 16.9. The minimum Gasteiger partial charge on any atom is -0.497 e. The van der Waals surface area contributed by atoms with E-state index in [4.69, 9.17) is 14.2 Å². The zero-order valence-corrected chi connectivity index (χ0v) is 25.3. The molecule has 0 unspecified atom stereocenters. The standard InChI is InChI=1S/C38H38O3P/c1-39-34-28-32(29-35(30-34)40-2)21-20-31-22-24-33(25-23-31)41-26-12-13-27-42(36-14-6-3-7-15-36,37-16-8-4-9-17-37)38-18-10-5-11-19-38/h3-11,14-25,28-30H,12-13,26-27H2,1-2H3/q+1. The lowest BCUT2D eigenvalue weighted by atomic mass is 10.1. The molecule has 0 fully saturated rings. The van der Waals surface area contributed by atoms with Crippen LogP contribution in [0.1, 0.15) is 24.0 Å². The van der Waals surface area contributed by atoms with Gasteiger partial charge in [-0.15, -0.1) is 0 Å². The van der Waals surface area contributed by atoms with Gasteiger partial charge in [0.1, 0.15) is 40.4 Å². The molecule has 0 aromatic heterocycles. The molecule has 0 saturated heterocycles. The molecule has 0 aliphatic rings. The molecule has 5 aromatic carbocycles. The predicted molar refractivity (Wildman–Crippen MR) is 180 cm³/mol. The van der Waals surface area contributed by atoms with Gasteiger partial charge in [-0.2, -0.15) is 0 Å². The largest absolute Gasteiger partial charge is 0.497 e. The second-order valence-electron chi connectivity index (χ2n) is 10.1. The van der Waals surface area contributed by atoms with E-state index in [1.807, 2.05) is 30.3 Å². The summed E-state index contributed by atoms with van der Waals surface area (Å²) in [7, 11) is 1.53. The van der Waals surface area contributed by atoms with Gasteiger partial charge in [-0.1, -0.05) is 78.9 Å². The Labute approximate surface area is 250 Å². The normalized spacial score (nSPS) is 11.4. The molecule has 42 heavy (non-hydrogen) atoms. The maximum Gasteiger partial charge on any atom is 0.123 e. The molecule has 5 aromatic rings. The topological polar surface area (TPSA) is 27.7 Å². The van der Waals surface area contributed by atoms with Crippen LogP contribution in [0.2, 0.25) is 0 Å². The van der Waals surface area contributed by atoms with Crippen molar-refractivity contribution in [3.8, 4) is 17.2 Å². The van der Waals surface area contributed by atoms with E-state index < -0.39 is 7.26 Å². The third kappa shape index (κ3) is 7.11. The highest BCUT2D eigenvalue weighted by atomic mass is 31.2. The van der Waals surface area contributed by atoms with Crippen LogP contribution in [-0.4, -0.2) is 27.0 Å². The molecular weight excluding hydrogens is 535 g/mol. The van der Waals surface area contributed by atoms with Gasteiger partial charge in [0.15, 0.2) is 0 Å². The molecule has 0 saturated carbocycles. The predicted octanol–water partition coefficient (Wildman–Crippen LogP) is 8.03. The Morgan fingerprint density at radius 2 is 0.976 bits per heavy atom. The fourth-order valence-corrected chi connectivity index (χ4v) is 9.73. The molecule has 0 aliphatic carbocycles. The van der Waals surface area contributed by atoms with E-state index in [1.54, 1.807) is 14.2 Å². The van der Waals surface area contributed by atoms with E-state index in [2.05, 4.69) is 115 Å². The maximum absolute atomic E-state index is 6.17. The Morgan fingerprint density at radius 3 is 1.45 bits per heavy atom. The van der Waals surface area contributed by atoms with Crippen molar-refractivity contribution >= 4 is 35.3 Å². The lowest BCUT2D eigenvalue weighted by Gasteiger charge is -2.27. The first kappa shape index (κ1) is 29.2. The summed E-state index contributed by atoms with van der Waals surface area (Å²) in [6.07, 6.45) is 7.32. The van der Waals surface area contributed by atoms with Crippen molar-refractivity contribution < 1.29 is 14.2 Å². The Morgan fingerprint density at radius 1 is 0.500 bits per heavy atom. The van der Waals surface area contributed by atoms with E-state index in [-0.39, 0.29) is 0 Å². The summed E-state index contributed by atoms with van der Waals surface area (Å²) in [5.41, 5.74) is 2.12. The first-order chi connectivity index (χ1) is 20.7. The van der Waals surface area contributed by atoms with Gasteiger partial charge in [-0.25, -0.2) is 0 Å². The summed E-state index contributed by atoms with van der Waals surface area (Å²) in [5, 5.41) is 4.29. The Hall–Kier alpha value is -4.33. The minimum absolute atomic E-state index is 0.692. The highest BCUT2D eigenvalue weighted by molar-refractivity contribution is 7.95. The fraction of sp³-hybridized carbons (Fsp3) is 0.158. The Bertz CT molecular complexity index is 1430. The summed E-state index contributed by atoms with van der Waals surface area (Å²) in [6, 6.07) is 47.3. The fourth-order valence-electron chi connectivity index (χ4n) is 5.32. The van der Waals surface area contributed by atoms with Crippen molar-refractivity contribution in [3.05, 3.63) is 145 Å². The second-order valence-corrected chi connectivity index (χ2v) is 13.8. The lowest BCUT2D eigenvalue weighted by Crippen LogP contribution is -2.33. The zero-order valence-electron chi connectivity index (χ0n) is 24.4. The van der Waals surface area contributed by atoms with Gasteiger partial charge in [0.25, 0.3) is 0 Å². The number of hydrogen-bond acceptors (Lipinski definition) is 3. The van der Waals surface area contributed by atoms with Crippen LogP contribution in [0.15, 0.2) is 133 Å². The summed E-state index contributed by atoms with van der Waals surface area (Å²) in [6.45, 7) is 0.692. The van der Waals surface area contributed by atoms with Gasteiger partial charge in [0, 0.05) is 6.07 Å². The van der Waals surface area contributed by atoms with E-state index in [0.717, 1.165) is 47.4 Å². The molecule has 5 rings (SSSR count). The first-order valence-corrected chi connectivity index (χ1v) is 16.4. The van der Waals surface area contributed by atoms with E-state index >= 15 is 0 Å². The van der Waals surface area contributed by atoms with Crippen LogP contribution in [0.5, 0.6) is 17.2 Å². The number of rotatable bonds is 13. The number of methoxy groups -OCH3 is 2. The molecule has 0 spiro atoms. The molecule has 4 heteroatoms. The first-order valence-electron chi connectivity index (χ1n) is 14.4. The van der Waals surface area contributed by atoms with Crippen LogP contribution in [0.4, 0.5) is 0 Å².